The first-order valence-electron chi connectivity index (χ1n) is 8.59. The second-order valence-corrected chi connectivity index (χ2v) is 7.19. The number of rotatable bonds is 5. The van der Waals surface area contributed by atoms with Crippen LogP contribution in [0.25, 0.3) is 0 Å². The lowest BCUT2D eigenvalue weighted by molar-refractivity contribution is -0.159. The number of nitrogens with zero attached hydrogens (tertiary/aromatic N) is 1. The zero-order valence-corrected chi connectivity index (χ0v) is 13.8. The van der Waals surface area contributed by atoms with Crippen LogP contribution in [-0.2, 0) is 16.0 Å². The summed E-state index contributed by atoms with van der Waals surface area (Å²) in [5, 5.41) is 9.43. The van der Waals surface area contributed by atoms with Gasteiger partial charge in [0.2, 0.25) is 5.91 Å². The highest BCUT2D eigenvalue weighted by Gasteiger charge is 2.47. The molecule has 0 aromatic heterocycles. The monoisotopic (exact) mass is 315 g/mol. The zero-order valence-electron chi connectivity index (χ0n) is 13.8. The molecule has 1 atom stereocenters. The lowest BCUT2D eigenvalue weighted by atomic mass is 9.66. The molecule has 1 N–H and O–H groups in total. The van der Waals surface area contributed by atoms with Gasteiger partial charge in [-0.25, -0.2) is 0 Å². The second-order valence-electron chi connectivity index (χ2n) is 7.19. The van der Waals surface area contributed by atoms with Crippen LogP contribution in [-0.4, -0.2) is 34.5 Å². The molecule has 0 spiro atoms. The highest BCUT2D eigenvalue weighted by atomic mass is 16.4. The first-order valence-corrected chi connectivity index (χ1v) is 8.59. The third-order valence-corrected chi connectivity index (χ3v) is 5.54. The molecule has 0 radical (unpaired) electrons. The second kappa shape index (κ2) is 6.34. The quantitative estimate of drug-likeness (QED) is 0.908. The largest absolute Gasteiger partial charge is 0.481 e. The predicted octanol–water partition coefficient (Wildman–Crippen LogP) is 3.17. The summed E-state index contributed by atoms with van der Waals surface area (Å²) in [6.07, 6.45) is 5.28. The topological polar surface area (TPSA) is 57.6 Å². The van der Waals surface area contributed by atoms with Crippen molar-refractivity contribution in [2.24, 2.45) is 5.41 Å². The third kappa shape index (κ3) is 3.26. The third-order valence-electron chi connectivity index (χ3n) is 5.54. The van der Waals surface area contributed by atoms with Crippen molar-refractivity contribution in [2.45, 2.75) is 57.9 Å². The van der Waals surface area contributed by atoms with E-state index in [-0.39, 0.29) is 18.4 Å². The molecule has 4 nitrogen and oxygen atoms in total. The number of aryl methyl sites for hydroxylation is 1. The van der Waals surface area contributed by atoms with Crippen LogP contribution in [0, 0.1) is 12.3 Å². The van der Waals surface area contributed by atoms with Gasteiger partial charge in [-0.2, -0.15) is 0 Å². The van der Waals surface area contributed by atoms with Gasteiger partial charge in [-0.05, 0) is 44.6 Å². The van der Waals surface area contributed by atoms with Gasteiger partial charge >= 0.3 is 5.97 Å². The Morgan fingerprint density at radius 3 is 2.48 bits per heavy atom. The molecule has 1 unspecified atom stereocenters. The van der Waals surface area contributed by atoms with Crippen LogP contribution in [0.5, 0.6) is 0 Å². The molecule has 2 fully saturated rings. The van der Waals surface area contributed by atoms with Crippen LogP contribution in [0.2, 0.25) is 0 Å². The van der Waals surface area contributed by atoms with Gasteiger partial charge in [0.05, 0.1) is 5.41 Å². The van der Waals surface area contributed by atoms with Crippen LogP contribution in [0.15, 0.2) is 24.3 Å². The Hall–Kier alpha value is -1.84. The van der Waals surface area contributed by atoms with Gasteiger partial charge < -0.3 is 10.0 Å². The van der Waals surface area contributed by atoms with E-state index in [1.54, 1.807) is 0 Å². The first kappa shape index (κ1) is 16.0. The van der Waals surface area contributed by atoms with Gasteiger partial charge in [0.15, 0.2) is 0 Å². The molecule has 1 aromatic rings. The normalized spacial score (nSPS) is 22.7. The Kier molecular flexibility index (Phi) is 4.42. The van der Waals surface area contributed by atoms with Crippen molar-refractivity contribution in [3.8, 4) is 0 Å². The summed E-state index contributed by atoms with van der Waals surface area (Å²) in [5.74, 6) is -0.770. The summed E-state index contributed by atoms with van der Waals surface area (Å²) >= 11 is 0. The van der Waals surface area contributed by atoms with Gasteiger partial charge in [-0.1, -0.05) is 36.2 Å². The van der Waals surface area contributed by atoms with Gasteiger partial charge in [0.1, 0.15) is 0 Å². The minimum absolute atomic E-state index is 0.0294. The number of carbonyl (C=O) groups excluding carboxylic acids is 1. The number of hydrogen-bond donors (Lipinski definition) is 1. The van der Waals surface area contributed by atoms with Crippen molar-refractivity contribution in [1.82, 2.24) is 4.90 Å². The fourth-order valence-electron chi connectivity index (χ4n) is 3.83. The summed E-state index contributed by atoms with van der Waals surface area (Å²) in [7, 11) is 0. The van der Waals surface area contributed by atoms with Crippen LogP contribution in [0.1, 0.15) is 49.7 Å². The summed E-state index contributed by atoms with van der Waals surface area (Å²) in [6, 6.07) is 8.67. The lowest BCUT2D eigenvalue weighted by Crippen LogP contribution is -2.45. The molecular weight excluding hydrogens is 290 g/mol. The summed E-state index contributed by atoms with van der Waals surface area (Å²) in [4.78, 5) is 26.1. The number of likely N-dealkylation sites (tertiary alicyclic amines) is 1. The molecule has 0 bridgehead atoms. The Morgan fingerprint density at radius 2 is 1.91 bits per heavy atom. The summed E-state index contributed by atoms with van der Waals surface area (Å²) in [6.45, 7) is 2.84. The number of aliphatic carboxylic acids is 1. The first-order chi connectivity index (χ1) is 11.0. The van der Waals surface area contributed by atoms with Gasteiger partial charge in [0, 0.05) is 19.0 Å². The van der Waals surface area contributed by atoms with Crippen molar-refractivity contribution < 1.29 is 14.7 Å². The molecule has 1 saturated carbocycles. The number of benzene rings is 1. The van der Waals surface area contributed by atoms with Crippen molar-refractivity contribution in [2.75, 3.05) is 6.54 Å². The highest BCUT2D eigenvalue weighted by molar-refractivity contribution is 5.86. The maximum absolute atomic E-state index is 12.7. The number of amides is 1. The molecule has 2 aliphatic rings. The minimum Gasteiger partial charge on any atom is -0.481 e. The maximum atomic E-state index is 12.7. The van der Waals surface area contributed by atoms with Crippen LogP contribution < -0.4 is 0 Å². The summed E-state index contributed by atoms with van der Waals surface area (Å²) < 4.78 is 0. The van der Waals surface area contributed by atoms with Crippen molar-refractivity contribution in [3.63, 3.8) is 0 Å². The van der Waals surface area contributed by atoms with E-state index < -0.39 is 11.4 Å². The molecule has 4 heteroatoms. The van der Waals surface area contributed by atoms with Crippen molar-refractivity contribution >= 4 is 11.9 Å². The van der Waals surface area contributed by atoms with E-state index >= 15 is 0 Å². The van der Waals surface area contributed by atoms with E-state index in [9.17, 15) is 14.7 Å². The average molecular weight is 315 g/mol. The molecule has 1 aliphatic carbocycles. The smallest absolute Gasteiger partial charge is 0.310 e. The Balaban J connectivity index is 1.65. The maximum Gasteiger partial charge on any atom is 0.310 e. The van der Waals surface area contributed by atoms with E-state index in [0.717, 1.165) is 32.2 Å². The number of carbonyl (C=O) groups is 2. The molecule has 1 saturated heterocycles. The van der Waals surface area contributed by atoms with Gasteiger partial charge in [0.25, 0.3) is 0 Å². The highest BCUT2D eigenvalue weighted by Crippen LogP contribution is 2.45. The van der Waals surface area contributed by atoms with Crippen LogP contribution >= 0.6 is 0 Å². The minimum atomic E-state index is -0.800. The molecular formula is C19H25NO3. The molecule has 23 heavy (non-hydrogen) atoms. The van der Waals surface area contributed by atoms with Crippen molar-refractivity contribution in [1.29, 1.82) is 0 Å². The predicted molar refractivity (Wildman–Crippen MR) is 88.2 cm³/mol. The number of carboxylic acid groups (broad SMARTS) is 1. The SMILES string of the molecule is Cc1ccc(CC2CCCN2C(=O)CC2(C(=O)O)CCC2)cc1. The Labute approximate surface area is 137 Å². The fourth-order valence-corrected chi connectivity index (χ4v) is 3.83. The van der Waals surface area contributed by atoms with E-state index in [0.29, 0.717) is 12.8 Å². The number of carboxylic acids is 1. The van der Waals surface area contributed by atoms with Crippen LogP contribution in [0.4, 0.5) is 0 Å². The van der Waals surface area contributed by atoms with Crippen molar-refractivity contribution in [3.05, 3.63) is 35.4 Å². The average Bonchev–Trinajstić information content (AvgIpc) is 2.93. The van der Waals surface area contributed by atoms with Crippen LogP contribution in [0.3, 0.4) is 0 Å². The molecule has 1 heterocycles. The van der Waals surface area contributed by atoms with E-state index in [1.807, 2.05) is 4.90 Å². The van der Waals surface area contributed by atoms with E-state index in [1.165, 1.54) is 11.1 Å². The Morgan fingerprint density at radius 1 is 1.22 bits per heavy atom. The van der Waals surface area contributed by atoms with Gasteiger partial charge in [-0.15, -0.1) is 0 Å². The standard InChI is InChI=1S/C19H25NO3/c1-14-5-7-15(8-6-14)12-16-4-2-11-20(16)17(21)13-19(18(22)23)9-3-10-19/h5-8,16H,2-4,9-13H2,1H3,(H,22,23). The molecule has 1 amide bonds. The molecule has 124 valence electrons. The number of hydrogen-bond acceptors (Lipinski definition) is 2. The Bertz CT molecular complexity index is 589. The van der Waals surface area contributed by atoms with Gasteiger partial charge in [-0.3, -0.25) is 9.59 Å². The molecule has 1 aromatic carbocycles. The zero-order chi connectivity index (χ0) is 16.4. The fraction of sp³-hybridized carbons (Fsp3) is 0.579. The molecule has 1 aliphatic heterocycles. The molecule has 3 rings (SSSR count). The van der Waals surface area contributed by atoms with E-state index in [4.69, 9.17) is 0 Å². The van der Waals surface area contributed by atoms with E-state index in [2.05, 4.69) is 31.2 Å². The lowest BCUT2D eigenvalue weighted by Gasteiger charge is -2.38. The summed E-state index contributed by atoms with van der Waals surface area (Å²) in [5.41, 5.74) is 1.70.